The molecular formula is C26H37N5O6. The fourth-order valence-corrected chi connectivity index (χ4v) is 5.46. The molecule has 1 aromatic rings. The summed E-state index contributed by atoms with van der Waals surface area (Å²) >= 11 is 0. The zero-order valence-electron chi connectivity index (χ0n) is 21.3. The highest BCUT2D eigenvalue weighted by atomic mass is 16.5. The van der Waals surface area contributed by atoms with E-state index in [1.807, 2.05) is 18.2 Å². The van der Waals surface area contributed by atoms with Crippen molar-refractivity contribution < 1.29 is 29.0 Å². The maximum absolute atomic E-state index is 13.1. The summed E-state index contributed by atoms with van der Waals surface area (Å²) in [6.45, 7) is 3.16. The monoisotopic (exact) mass is 515 g/mol. The Kier molecular flexibility index (Phi) is 8.65. The van der Waals surface area contributed by atoms with Crippen LogP contribution in [0.3, 0.4) is 0 Å². The molecule has 11 nitrogen and oxygen atoms in total. The quantitative estimate of drug-likeness (QED) is 0.325. The Labute approximate surface area is 216 Å². The van der Waals surface area contributed by atoms with Gasteiger partial charge in [0.1, 0.15) is 23.9 Å². The van der Waals surface area contributed by atoms with Crippen molar-refractivity contribution in [3.05, 3.63) is 29.8 Å². The first kappa shape index (κ1) is 26.9. The Morgan fingerprint density at radius 2 is 1.89 bits per heavy atom. The maximum Gasteiger partial charge on any atom is 0.258 e. The molecular weight excluding hydrogens is 478 g/mol. The number of carbonyl (C=O) groups is 4. The second-order valence-electron chi connectivity index (χ2n) is 10.3. The number of aliphatic hydroxyl groups excluding tert-OH is 1. The van der Waals surface area contributed by atoms with Gasteiger partial charge in [-0.25, -0.2) is 0 Å². The molecule has 4 amide bonds. The first-order valence-corrected chi connectivity index (χ1v) is 13.0. The van der Waals surface area contributed by atoms with Crippen LogP contribution in [0.25, 0.3) is 0 Å². The van der Waals surface area contributed by atoms with E-state index in [-0.39, 0.29) is 17.9 Å². The van der Waals surface area contributed by atoms with Gasteiger partial charge >= 0.3 is 0 Å². The van der Waals surface area contributed by atoms with Crippen LogP contribution in [-0.4, -0.2) is 91.2 Å². The van der Waals surface area contributed by atoms with Crippen LogP contribution < -0.4 is 26.0 Å². The smallest absolute Gasteiger partial charge is 0.258 e. The van der Waals surface area contributed by atoms with E-state index in [4.69, 9.17) is 4.74 Å². The number of aliphatic hydroxyl groups is 1. The van der Waals surface area contributed by atoms with Crippen LogP contribution in [0.5, 0.6) is 5.75 Å². The molecule has 5 N–H and O–H groups in total. The second-order valence-corrected chi connectivity index (χ2v) is 10.3. The highest BCUT2D eigenvalue weighted by Crippen LogP contribution is 2.33. The van der Waals surface area contributed by atoms with Gasteiger partial charge in [-0.1, -0.05) is 12.1 Å². The minimum absolute atomic E-state index is 0.214. The van der Waals surface area contributed by atoms with Gasteiger partial charge in [0.15, 0.2) is 6.61 Å². The molecule has 3 heterocycles. The first-order valence-electron chi connectivity index (χ1n) is 13.0. The minimum atomic E-state index is -1.13. The van der Waals surface area contributed by atoms with Crippen LogP contribution in [0, 0.1) is 5.41 Å². The van der Waals surface area contributed by atoms with E-state index in [1.54, 1.807) is 13.0 Å². The molecule has 3 aliphatic rings. The molecule has 2 saturated heterocycles. The number of nitrogens with one attached hydrogen (secondary N) is 4. The van der Waals surface area contributed by atoms with Gasteiger partial charge < -0.3 is 36.0 Å². The summed E-state index contributed by atoms with van der Waals surface area (Å²) in [4.78, 5) is 53.1. The molecule has 0 saturated carbocycles. The highest BCUT2D eigenvalue weighted by molar-refractivity contribution is 5.94. The number of hydrogen-bond acceptors (Lipinski definition) is 7. The highest BCUT2D eigenvalue weighted by Gasteiger charge is 2.38. The minimum Gasteiger partial charge on any atom is -0.484 e. The van der Waals surface area contributed by atoms with Crippen molar-refractivity contribution in [2.75, 3.05) is 39.4 Å². The van der Waals surface area contributed by atoms with E-state index >= 15 is 0 Å². The molecule has 11 heteroatoms. The van der Waals surface area contributed by atoms with Crippen molar-refractivity contribution in [1.82, 2.24) is 26.2 Å². The molecule has 1 aromatic carbocycles. The van der Waals surface area contributed by atoms with Gasteiger partial charge in [0.25, 0.3) is 5.91 Å². The molecule has 0 unspecified atom stereocenters. The predicted octanol–water partition coefficient (Wildman–Crippen LogP) is -0.920. The molecule has 37 heavy (non-hydrogen) atoms. The molecule has 0 aliphatic carbocycles. The molecule has 2 bridgehead atoms. The summed E-state index contributed by atoms with van der Waals surface area (Å²) in [6, 6.07) is 4.79. The average Bonchev–Trinajstić information content (AvgIpc) is 3.39. The van der Waals surface area contributed by atoms with E-state index in [9.17, 15) is 24.3 Å². The topological polar surface area (TPSA) is 149 Å². The first-order chi connectivity index (χ1) is 17.8. The van der Waals surface area contributed by atoms with Gasteiger partial charge in [0, 0.05) is 13.1 Å². The summed E-state index contributed by atoms with van der Waals surface area (Å²) < 4.78 is 5.72. The number of benzene rings is 1. The number of rotatable bonds is 1. The van der Waals surface area contributed by atoms with Crippen molar-refractivity contribution in [3.8, 4) is 5.75 Å². The van der Waals surface area contributed by atoms with Crippen LogP contribution >= 0.6 is 0 Å². The van der Waals surface area contributed by atoms with Crippen molar-refractivity contribution in [1.29, 1.82) is 0 Å². The molecule has 0 aromatic heterocycles. The number of piperidine rings is 1. The average molecular weight is 516 g/mol. The number of amides is 4. The molecule has 1 spiro atoms. The summed E-state index contributed by atoms with van der Waals surface area (Å²) in [5.41, 5.74) is 0.802. The molecule has 202 valence electrons. The normalized spacial score (nSPS) is 27.6. The number of carbonyl (C=O) groups excluding carboxylic acids is 4. The lowest BCUT2D eigenvalue weighted by atomic mass is 9.74. The molecule has 0 radical (unpaired) electrons. The number of ether oxygens (including phenoxy) is 1. The van der Waals surface area contributed by atoms with Crippen LogP contribution in [0.1, 0.15) is 38.2 Å². The molecule has 4 rings (SSSR count). The lowest BCUT2D eigenvalue weighted by molar-refractivity contribution is -0.142. The lowest BCUT2D eigenvalue weighted by Gasteiger charge is -2.38. The Morgan fingerprint density at radius 1 is 1.11 bits per heavy atom. The Morgan fingerprint density at radius 3 is 2.65 bits per heavy atom. The Hall–Kier alpha value is -3.18. The Balaban J connectivity index is 1.59. The molecule has 3 atom stereocenters. The number of nitrogens with zero attached hydrogens (tertiary/aromatic N) is 1. The van der Waals surface area contributed by atoms with E-state index in [1.165, 1.54) is 4.90 Å². The zero-order valence-corrected chi connectivity index (χ0v) is 21.3. The largest absolute Gasteiger partial charge is 0.484 e. The predicted molar refractivity (Wildman–Crippen MR) is 135 cm³/mol. The standard InChI is InChI=1S/C26H37N5O6/c1-17-25(36)31-11-3-6-21(31)24(35)30-20(14-32)23(34)28-16-26(7-9-27-10-8-26)13-18-4-2-5-19(12-18)37-15-22(33)29-17/h2,4-5,12,17,20-21,27,32H,3,6-11,13-16H2,1H3,(H,28,34)(H,29,33)(H,30,35)/t17-,20-,21-/m0/s1. The lowest BCUT2D eigenvalue weighted by Crippen LogP contribution is -2.57. The fraction of sp³-hybridized carbons (Fsp3) is 0.615. The summed E-state index contributed by atoms with van der Waals surface area (Å²) in [7, 11) is 0. The van der Waals surface area contributed by atoms with E-state index in [0.717, 1.165) is 31.5 Å². The van der Waals surface area contributed by atoms with E-state index in [0.29, 0.717) is 38.1 Å². The number of hydrogen-bond donors (Lipinski definition) is 5. The van der Waals surface area contributed by atoms with Gasteiger partial charge in [0.2, 0.25) is 17.7 Å². The van der Waals surface area contributed by atoms with Crippen molar-refractivity contribution in [3.63, 3.8) is 0 Å². The van der Waals surface area contributed by atoms with Gasteiger partial charge in [0.05, 0.1) is 6.61 Å². The van der Waals surface area contributed by atoms with Crippen LogP contribution in [0.4, 0.5) is 0 Å². The summed E-state index contributed by atoms with van der Waals surface area (Å²) in [5.74, 6) is -1.22. The van der Waals surface area contributed by atoms with Crippen LogP contribution in [0.15, 0.2) is 24.3 Å². The summed E-state index contributed by atoms with van der Waals surface area (Å²) in [5, 5.41) is 21.5. The van der Waals surface area contributed by atoms with Gasteiger partial charge in [-0.2, -0.15) is 0 Å². The molecule has 2 fully saturated rings. The summed E-state index contributed by atoms with van der Waals surface area (Å²) in [6.07, 6.45) is 3.43. The van der Waals surface area contributed by atoms with Gasteiger partial charge in [-0.05, 0) is 75.2 Å². The third-order valence-corrected chi connectivity index (χ3v) is 7.55. The van der Waals surface area contributed by atoms with Crippen molar-refractivity contribution in [2.45, 2.75) is 57.2 Å². The van der Waals surface area contributed by atoms with Crippen LogP contribution in [-0.2, 0) is 25.6 Å². The van der Waals surface area contributed by atoms with Crippen LogP contribution in [0.2, 0.25) is 0 Å². The van der Waals surface area contributed by atoms with Crippen molar-refractivity contribution >= 4 is 23.6 Å². The molecule has 3 aliphatic heterocycles. The third-order valence-electron chi connectivity index (χ3n) is 7.55. The fourth-order valence-electron chi connectivity index (χ4n) is 5.46. The number of fused-ring (bicyclic) bond motifs is 3. The van der Waals surface area contributed by atoms with E-state index in [2.05, 4.69) is 21.3 Å². The van der Waals surface area contributed by atoms with Gasteiger partial charge in [-0.3, -0.25) is 19.2 Å². The Bertz CT molecular complexity index is 1010. The SMILES string of the molecule is C[C@@H]1NC(=O)COc2cccc(c2)CC2(CCNCC2)CNC(=O)[C@H](CO)NC(=O)[C@@H]2CCCN2C1=O. The second kappa shape index (κ2) is 11.9. The van der Waals surface area contributed by atoms with Crippen molar-refractivity contribution in [2.24, 2.45) is 5.41 Å². The maximum atomic E-state index is 13.1. The third kappa shape index (κ3) is 6.58. The van der Waals surface area contributed by atoms with Gasteiger partial charge in [-0.15, -0.1) is 0 Å². The van der Waals surface area contributed by atoms with E-state index < -0.39 is 42.5 Å². The zero-order chi connectivity index (χ0) is 26.4.